The average Bonchev–Trinajstić information content (AvgIpc) is 2.24. The summed E-state index contributed by atoms with van der Waals surface area (Å²) in [5.74, 6) is -0.0691. The molecule has 0 aromatic carbocycles. The molecule has 72 valence electrons. The highest BCUT2D eigenvalue weighted by molar-refractivity contribution is 5.82. The summed E-state index contributed by atoms with van der Waals surface area (Å²) in [7, 11) is 0. The zero-order valence-corrected chi connectivity index (χ0v) is 8.00. The van der Waals surface area contributed by atoms with E-state index in [0.29, 0.717) is 6.42 Å². The number of carbonyl (C=O) groups is 1. The number of hydrogen-bond donors (Lipinski definition) is 2. The molecule has 3 N–H and O–H groups in total. The lowest BCUT2D eigenvalue weighted by Crippen LogP contribution is -2.34. The van der Waals surface area contributed by atoms with Gasteiger partial charge in [-0.1, -0.05) is 0 Å². The maximum atomic E-state index is 11.4. The number of nitrogens with two attached hydrogens (primary N) is 1. The van der Waals surface area contributed by atoms with E-state index in [4.69, 9.17) is 11.0 Å². The van der Waals surface area contributed by atoms with Crippen molar-refractivity contribution < 1.29 is 4.79 Å². The van der Waals surface area contributed by atoms with Gasteiger partial charge in [0.2, 0.25) is 5.91 Å². The Morgan fingerprint density at radius 1 is 1.85 bits per heavy atom. The van der Waals surface area contributed by atoms with Gasteiger partial charge >= 0.3 is 0 Å². The molecule has 1 amide bonds. The van der Waals surface area contributed by atoms with E-state index in [-0.39, 0.29) is 17.4 Å². The fourth-order valence-corrected chi connectivity index (χ4v) is 1.74. The Hall–Kier alpha value is -1.08. The molecule has 0 aromatic rings. The lowest BCUT2D eigenvalue weighted by molar-refractivity contribution is -0.123. The van der Waals surface area contributed by atoms with Crippen molar-refractivity contribution in [2.75, 3.05) is 0 Å². The SMILES string of the molecule is CC1(C)CC(C[C@H](N)C#N)C(=O)N1. The van der Waals surface area contributed by atoms with Gasteiger partial charge in [0.25, 0.3) is 0 Å². The van der Waals surface area contributed by atoms with E-state index in [0.717, 1.165) is 6.42 Å². The second kappa shape index (κ2) is 3.35. The van der Waals surface area contributed by atoms with Crippen molar-refractivity contribution in [3.05, 3.63) is 0 Å². The molecule has 1 heterocycles. The third-order valence-corrected chi connectivity index (χ3v) is 2.29. The largest absolute Gasteiger partial charge is 0.351 e. The molecule has 2 atom stereocenters. The molecule has 4 nitrogen and oxygen atoms in total. The van der Waals surface area contributed by atoms with E-state index < -0.39 is 6.04 Å². The summed E-state index contributed by atoms with van der Waals surface area (Å²) in [6, 6.07) is 1.41. The van der Waals surface area contributed by atoms with E-state index in [1.165, 1.54) is 0 Å². The summed E-state index contributed by atoms with van der Waals surface area (Å²) in [6.45, 7) is 3.95. The Morgan fingerprint density at radius 2 is 2.46 bits per heavy atom. The van der Waals surface area contributed by atoms with E-state index in [9.17, 15) is 4.79 Å². The van der Waals surface area contributed by atoms with Gasteiger partial charge < -0.3 is 11.1 Å². The van der Waals surface area contributed by atoms with Crippen LogP contribution in [0.2, 0.25) is 0 Å². The van der Waals surface area contributed by atoms with Crippen LogP contribution in [0.25, 0.3) is 0 Å². The molecule has 0 radical (unpaired) electrons. The molecule has 1 fully saturated rings. The predicted molar refractivity (Wildman–Crippen MR) is 48.5 cm³/mol. The molecule has 1 rings (SSSR count). The minimum absolute atomic E-state index is 0.0238. The second-order valence-electron chi connectivity index (χ2n) is 4.25. The Morgan fingerprint density at radius 3 is 2.85 bits per heavy atom. The number of nitrogens with one attached hydrogen (secondary N) is 1. The Labute approximate surface area is 78.1 Å². The van der Waals surface area contributed by atoms with Crippen molar-refractivity contribution in [1.82, 2.24) is 5.32 Å². The Balaban J connectivity index is 2.55. The number of nitriles is 1. The smallest absolute Gasteiger partial charge is 0.223 e. The molecule has 0 aliphatic carbocycles. The second-order valence-corrected chi connectivity index (χ2v) is 4.25. The van der Waals surface area contributed by atoms with Crippen LogP contribution < -0.4 is 11.1 Å². The van der Waals surface area contributed by atoms with Gasteiger partial charge in [0.1, 0.15) is 0 Å². The van der Waals surface area contributed by atoms with E-state index in [2.05, 4.69) is 5.32 Å². The maximum Gasteiger partial charge on any atom is 0.223 e. The number of nitrogens with zero attached hydrogens (tertiary/aromatic N) is 1. The zero-order valence-electron chi connectivity index (χ0n) is 8.00. The van der Waals surface area contributed by atoms with Gasteiger partial charge in [-0.3, -0.25) is 4.79 Å². The fourth-order valence-electron chi connectivity index (χ4n) is 1.74. The molecule has 0 aromatic heterocycles. The molecular weight excluding hydrogens is 166 g/mol. The van der Waals surface area contributed by atoms with Gasteiger partial charge in [-0.25, -0.2) is 0 Å². The first-order valence-electron chi connectivity index (χ1n) is 4.42. The van der Waals surface area contributed by atoms with Crippen LogP contribution in [0.4, 0.5) is 0 Å². The van der Waals surface area contributed by atoms with Crippen molar-refractivity contribution in [3.8, 4) is 6.07 Å². The molecular formula is C9H15N3O. The third kappa shape index (κ3) is 2.43. The number of hydrogen-bond acceptors (Lipinski definition) is 3. The molecule has 13 heavy (non-hydrogen) atoms. The quantitative estimate of drug-likeness (QED) is 0.636. The lowest BCUT2D eigenvalue weighted by atomic mass is 9.92. The molecule has 0 bridgehead atoms. The van der Waals surface area contributed by atoms with Crippen molar-refractivity contribution in [1.29, 1.82) is 5.26 Å². The molecule has 1 saturated heterocycles. The van der Waals surface area contributed by atoms with Gasteiger partial charge in [-0.05, 0) is 26.7 Å². The normalized spacial score (nSPS) is 27.8. The van der Waals surface area contributed by atoms with Crippen LogP contribution in [0, 0.1) is 17.2 Å². The van der Waals surface area contributed by atoms with Crippen LogP contribution in [-0.2, 0) is 4.79 Å². The lowest BCUT2D eigenvalue weighted by Gasteiger charge is -2.16. The predicted octanol–water partition coefficient (Wildman–Crippen LogP) is 0.142. The highest BCUT2D eigenvalue weighted by atomic mass is 16.2. The highest BCUT2D eigenvalue weighted by Gasteiger charge is 2.37. The van der Waals surface area contributed by atoms with Crippen LogP contribution >= 0.6 is 0 Å². The van der Waals surface area contributed by atoms with Crippen molar-refractivity contribution >= 4 is 5.91 Å². The highest BCUT2D eigenvalue weighted by Crippen LogP contribution is 2.27. The fraction of sp³-hybridized carbons (Fsp3) is 0.778. The molecule has 4 heteroatoms. The van der Waals surface area contributed by atoms with Gasteiger partial charge in [-0.15, -0.1) is 0 Å². The zero-order chi connectivity index (χ0) is 10.1. The Bertz CT molecular complexity index is 254. The van der Waals surface area contributed by atoms with Crippen molar-refractivity contribution in [2.24, 2.45) is 11.7 Å². The first-order valence-corrected chi connectivity index (χ1v) is 4.42. The summed E-state index contributed by atoms with van der Waals surface area (Å²) >= 11 is 0. The summed E-state index contributed by atoms with van der Waals surface area (Å²) in [4.78, 5) is 11.4. The maximum absolute atomic E-state index is 11.4. The first-order chi connectivity index (χ1) is 5.94. The van der Waals surface area contributed by atoms with Gasteiger partial charge in [0.15, 0.2) is 0 Å². The number of rotatable bonds is 2. The minimum atomic E-state index is -0.523. The van der Waals surface area contributed by atoms with E-state index in [1.54, 1.807) is 0 Å². The summed E-state index contributed by atoms with van der Waals surface area (Å²) in [5, 5.41) is 11.4. The minimum Gasteiger partial charge on any atom is -0.351 e. The third-order valence-electron chi connectivity index (χ3n) is 2.29. The Kier molecular flexibility index (Phi) is 2.58. The average molecular weight is 181 g/mol. The molecule has 1 aliphatic heterocycles. The van der Waals surface area contributed by atoms with Crippen LogP contribution in [0.15, 0.2) is 0 Å². The van der Waals surface area contributed by atoms with Gasteiger partial charge in [0, 0.05) is 11.5 Å². The molecule has 0 spiro atoms. The van der Waals surface area contributed by atoms with Crippen LogP contribution in [0.1, 0.15) is 26.7 Å². The standard InChI is InChI=1S/C9H15N3O/c1-9(2)4-6(8(13)12-9)3-7(11)5-10/h6-7H,3-4,11H2,1-2H3,(H,12,13)/t6?,7-/m0/s1. The van der Waals surface area contributed by atoms with E-state index >= 15 is 0 Å². The van der Waals surface area contributed by atoms with Crippen LogP contribution in [0.5, 0.6) is 0 Å². The van der Waals surface area contributed by atoms with E-state index in [1.807, 2.05) is 19.9 Å². The molecule has 1 aliphatic rings. The van der Waals surface area contributed by atoms with Crippen LogP contribution in [-0.4, -0.2) is 17.5 Å². The van der Waals surface area contributed by atoms with Gasteiger partial charge in [-0.2, -0.15) is 5.26 Å². The molecule has 0 saturated carbocycles. The van der Waals surface area contributed by atoms with Gasteiger partial charge in [0.05, 0.1) is 12.1 Å². The topological polar surface area (TPSA) is 78.9 Å². The van der Waals surface area contributed by atoms with Crippen molar-refractivity contribution in [2.45, 2.75) is 38.3 Å². The summed E-state index contributed by atoms with van der Waals surface area (Å²) in [5.41, 5.74) is 5.32. The summed E-state index contributed by atoms with van der Waals surface area (Å²) in [6.07, 6.45) is 1.23. The van der Waals surface area contributed by atoms with Crippen molar-refractivity contribution in [3.63, 3.8) is 0 Å². The monoisotopic (exact) mass is 181 g/mol. The number of carbonyl (C=O) groups excluding carboxylic acids is 1. The summed E-state index contributed by atoms with van der Waals surface area (Å²) < 4.78 is 0. The number of amides is 1. The first kappa shape index (κ1) is 10.0. The molecule has 1 unspecified atom stereocenters. The van der Waals surface area contributed by atoms with Crippen LogP contribution in [0.3, 0.4) is 0 Å².